The summed E-state index contributed by atoms with van der Waals surface area (Å²) >= 11 is 2.27. The average Bonchev–Trinajstić information content (AvgIpc) is 2.90. The largest absolute Gasteiger partial charge is 0.293 e. The summed E-state index contributed by atoms with van der Waals surface area (Å²) in [6, 6.07) is 15.9. The van der Waals surface area contributed by atoms with E-state index in [1.54, 1.807) is 0 Å². The zero-order valence-electron chi connectivity index (χ0n) is 15.3. The van der Waals surface area contributed by atoms with Gasteiger partial charge in [0.05, 0.1) is 18.0 Å². The molecule has 0 radical (unpaired) electrons. The van der Waals surface area contributed by atoms with Gasteiger partial charge in [-0.05, 0) is 78.9 Å². The molecule has 2 aromatic carbocycles. The van der Waals surface area contributed by atoms with Crippen molar-refractivity contribution in [1.29, 1.82) is 0 Å². The highest BCUT2D eigenvalue weighted by Crippen LogP contribution is 2.31. The minimum Gasteiger partial charge on any atom is -0.293 e. The minimum atomic E-state index is -0.0121. The Morgan fingerprint density at radius 3 is 2.31 bits per heavy atom. The number of rotatable bonds is 7. The van der Waals surface area contributed by atoms with Crippen molar-refractivity contribution >= 4 is 45.6 Å². The lowest BCUT2D eigenvalue weighted by atomic mass is 10.1. The first kappa shape index (κ1) is 19.0. The number of hydrogen-bond acceptors (Lipinski definition) is 3. The van der Waals surface area contributed by atoms with E-state index in [2.05, 4.69) is 46.3 Å². The Labute approximate surface area is 169 Å². The van der Waals surface area contributed by atoms with Crippen molar-refractivity contribution in [3.05, 3.63) is 57.7 Å². The molecule has 0 unspecified atom stereocenters. The molecule has 1 aliphatic rings. The lowest BCUT2D eigenvalue weighted by molar-refractivity contribution is -0.112. The number of anilines is 1. The quantitative estimate of drug-likeness (QED) is 0.554. The van der Waals surface area contributed by atoms with Crippen LogP contribution in [0.2, 0.25) is 0 Å². The summed E-state index contributed by atoms with van der Waals surface area (Å²) in [6.45, 7) is 6.94. The van der Waals surface area contributed by atoms with Gasteiger partial charge in [-0.1, -0.05) is 32.0 Å². The number of para-hydroxylation sites is 1. The van der Waals surface area contributed by atoms with Crippen LogP contribution in [0.15, 0.2) is 53.5 Å². The molecule has 0 N–H and O–H groups in total. The van der Waals surface area contributed by atoms with Gasteiger partial charge in [0, 0.05) is 9.13 Å². The summed E-state index contributed by atoms with van der Waals surface area (Å²) < 4.78 is 1.15. The van der Waals surface area contributed by atoms with Gasteiger partial charge in [-0.25, -0.2) is 4.99 Å². The van der Waals surface area contributed by atoms with Gasteiger partial charge in [0.15, 0.2) is 0 Å². The third-order valence-corrected chi connectivity index (χ3v) is 5.11. The van der Waals surface area contributed by atoms with Crippen LogP contribution in [0, 0.1) is 3.57 Å². The predicted molar refractivity (Wildman–Crippen MR) is 116 cm³/mol. The Morgan fingerprint density at radius 2 is 1.65 bits per heavy atom. The standard InChI is InChI=1S/C21H24IN3O/c1-3-13-24(14-4-2)15-25-19-8-6-5-7-18(19)20(21(25)26)23-17-11-9-16(22)10-12-17/h5-12H,3-4,13-15H2,1-2H3. The molecule has 0 spiro atoms. The van der Waals surface area contributed by atoms with Crippen LogP contribution in [0.4, 0.5) is 11.4 Å². The lowest BCUT2D eigenvalue weighted by Crippen LogP contribution is -2.41. The van der Waals surface area contributed by atoms with Crippen molar-refractivity contribution in [3.63, 3.8) is 0 Å². The van der Waals surface area contributed by atoms with E-state index in [1.807, 2.05) is 53.4 Å². The van der Waals surface area contributed by atoms with Crippen LogP contribution in [0.25, 0.3) is 0 Å². The number of carbonyl (C=O) groups excluding carboxylic acids is 1. The first-order valence-electron chi connectivity index (χ1n) is 9.12. The summed E-state index contributed by atoms with van der Waals surface area (Å²) in [7, 11) is 0. The zero-order chi connectivity index (χ0) is 18.5. The van der Waals surface area contributed by atoms with Crippen molar-refractivity contribution in [2.75, 3.05) is 24.7 Å². The van der Waals surface area contributed by atoms with Crippen molar-refractivity contribution in [2.45, 2.75) is 26.7 Å². The Morgan fingerprint density at radius 1 is 1.00 bits per heavy atom. The van der Waals surface area contributed by atoms with E-state index in [1.165, 1.54) is 0 Å². The number of hydrogen-bond donors (Lipinski definition) is 0. The first-order valence-corrected chi connectivity index (χ1v) is 10.2. The first-order chi connectivity index (χ1) is 12.6. The maximum atomic E-state index is 13.1. The Balaban J connectivity index is 1.94. The Kier molecular flexibility index (Phi) is 6.43. The van der Waals surface area contributed by atoms with Crippen LogP contribution in [0.3, 0.4) is 0 Å². The molecule has 1 amide bonds. The molecule has 0 saturated carbocycles. The molecule has 4 nitrogen and oxygen atoms in total. The molecule has 1 heterocycles. The van der Waals surface area contributed by atoms with Crippen LogP contribution in [-0.2, 0) is 4.79 Å². The number of carbonyl (C=O) groups is 1. The van der Waals surface area contributed by atoms with Gasteiger partial charge in [0.25, 0.3) is 5.91 Å². The fraction of sp³-hybridized carbons (Fsp3) is 0.333. The molecule has 0 atom stereocenters. The van der Waals surface area contributed by atoms with Crippen molar-refractivity contribution < 1.29 is 4.79 Å². The van der Waals surface area contributed by atoms with Gasteiger partial charge in [-0.15, -0.1) is 0 Å². The highest BCUT2D eigenvalue weighted by Gasteiger charge is 2.34. The molecule has 136 valence electrons. The number of halogens is 1. The van der Waals surface area contributed by atoms with Crippen molar-refractivity contribution in [1.82, 2.24) is 4.90 Å². The molecule has 0 aromatic heterocycles. The number of benzene rings is 2. The summed E-state index contributed by atoms with van der Waals surface area (Å²) in [6.07, 6.45) is 2.15. The summed E-state index contributed by atoms with van der Waals surface area (Å²) in [5, 5.41) is 0. The number of nitrogens with zero attached hydrogens (tertiary/aromatic N) is 3. The van der Waals surface area contributed by atoms with Gasteiger partial charge in [0.2, 0.25) is 0 Å². The van der Waals surface area contributed by atoms with Crippen LogP contribution in [0.5, 0.6) is 0 Å². The molecule has 2 aromatic rings. The Bertz CT molecular complexity index is 795. The zero-order valence-corrected chi connectivity index (χ0v) is 17.4. The minimum absolute atomic E-state index is 0.0121. The molecule has 26 heavy (non-hydrogen) atoms. The topological polar surface area (TPSA) is 35.9 Å². The third-order valence-electron chi connectivity index (χ3n) is 4.39. The van der Waals surface area contributed by atoms with E-state index in [9.17, 15) is 4.79 Å². The lowest BCUT2D eigenvalue weighted by Gasteiger charge is -2.27. The summed E-state index contributed by atoms with van der Waals surface area (Å²) in [5.41, 5.74) is 3.22. The van der Waals surface area contributed by atoms with Crippen LogP contribution < -0.4 is 4.90 Å². The molecular weight excluding hydrogens is 437 g/mol. The van der Waals surface area contributed by atoms with E-state index in [-0.39, 0.29) is 5.91 Å². The Hall–Kier alpha value is -1.73. The van der Waals surface area contributed by atoms with Gasteiger partial charge >= 0.3 is 0 Å². The van der Waals surface area contributed by atoms with Gasteiger partial charge in [-0.2, -0.15) is 0 Å². The molecule has 0 bridgehead atoms. The maximum absolute atomic E-state index is 13.1. The normalized spacial score (nSPS) is 15.2. The average molecular weight is 461 g/mol. The van der Waals surface area contributed by atoms with Gasteiger partial charge in [-0.3, -0.25) is 14.6 Å². The van der Waals surface area contributed by atoms with Gasteiger partial charge in [0.1, 0.15) is 5.71 Å². The van der Waals surface area contributed by atoms with Crippen LogP contribution in [-0.4, -0.2) is 36.3 Å². The molecule has 3 rings (SSSR count). The third kappa shape index (κ3) is 4.15. The maximum Gasteiger partial charge on any atom is 0.278 e. The van der Waals surface area contributed by atoms with Crippen LogP contribution in [0.1, 0.15) is 32.3 Å². The van der Waals surface area contributed by atoms with E-state index in [4.69, 9.17) is 0 Å². The second kappa shape index (κ2) is 8.77. The monoisotopic (exact) mass is 461 g/mol. The fourth-order valence-corrected chi connectivity index (χ4v) is 3.60. The highest BCUT2D eigenvalue weighted by molar-refractivity contribution is 14.1. The smallest absolute Gasteiger partial charge is 0.278 e. The SMILES string of the molecule is CCCN(CCC)CN1C(=O)C(=Nc2ccc(I)cc2)c2ccccc21. The van der Waals surface area contributed by atoms with Crippen LogP contribution >= 0.6 is 22.6 Å². The molecule has 0 saturated heterocycles. The van der Waals surface area contributed by atoms with Crippen molar-refractivity contribution in [2.24, 2.45) is 4.99 Å². The molecule has 0 aliphatic carbocycles. The van der Waals surface area contributed by atoms with E-state index >= 15 is 0 Å². The number of amides is 1. The van der Waals surface area contributed by atoms with E-state index in [0.29, 0.717) is 12.4 Å². The summed E-state index contributed by atoms with van der Waals surface area (Å²) in [4.78, 5) is 22.0. The van der Waals surface area contributed by atoms with Crippen molar-refractivity contribution in [3.8, 4) is 0 Å². The second-order valence-corrected chi connectivity index (χ2v) is 7.69. The highest BCUT2D eigenvalue weighted by atomic mass is 127. The van der Waals surface area contributed by atoms with Gasteiger partial charge < -0.3 is 0 Å². The molecule has 0 fully saturated rings. The molecule has 1 aliphatic heterocycles. The fourth-order valence-electron chi connectivity index (χ4n) is 3.24. The van der Waals surface area contributed by atoms with E-state index < -0.39 is 0 Å². The summed E-state index contributed by atoms with van der Waals surface area (Å²) in [5.74, 6) is -0.0121. The predicted octanol–water partition coefficient (Wildman–Crippen LogP) is 4.84. The molecular formula is C21H24IN3O. The van der Waals surface area contributed by atoms with E-state index in [0.717, 1.165) is 46.4 Å². The second-order valence-electron chi connectivity index (χ2n) is 6.45. The number of aliphatic imine (C=N–C) groups is 1. The molecule has 5 heteroatoms. The number of fused-ring (bicyclic) bond motifs is 1.